The molecule has 0 saturated carbocycles. The second kappa shape index (κ2) is 10.1. The van der Waals surface area contributed by atoms with Crippen LogP contribution in [0.15, 0.2) is 58.4 Å². The topological polar surface area (TPSA) is 79.8 Å². The van der Waals surface area contributed by atoms with Crippen LogP contribution in [0.3, 0.4) is 0 Å². The van der Waals surface area contributed by atoms with Gasteiger partial charge in [0.05, 0.1) is 17.5 Å². The number of hydrogen-bond acceptors (Lipinski definition) is 4. The van der Waals surface area contributed by atoms with Crippen LogP contribution in [0.25, 0.3) is 0 Å². The van der Waals surface area contributed by atoms with Gasteiger partial charge in [0.15, 0.2) is 15.8 Å². The summed E-state index contributed by atoms with van der Waals surface area (Å²) in [5, 5.41) is 6.78. The van der Waals surface area contributed by atoms with Gasteiger partial charge in [-0.2, -0.15) is 0 Å². The maximum atomic E-state index is 11.5. The monoisotopic (exact) mass is 515 g/mol. The van der Waals surface area contributed by atoms with E-state index in [0.717, 1.165) is 35.7 Å². The summed E-state index contributed by atoms with van der Waals surface area (Å²) in [7, 11) is -1.40. The maximum Gasteiger partial charge on any atom is 0.191 e. The highest BCUT2D eigenvalue weighted by Gasteiger charge is 2.21. The lowest BCUT2D eigenvalue weighted by atomic mass is 10.0. The third-order valence-corrected chi connectivity index (χ3v) is 5.68. The van der Waals surface area contributed by atoms with Gasteiger partial charge in [-0.3, -0.25) is 4.99 Å². The number of nitrogens with one attached hydrogen (secondary N) is 2. The Morgan fingerprint density at radius 3 is 2.57 bits per heavy atom. The van der Waals surface area contributed by atoms with Gasteiger partial charge >= 0.3 is 0 Å². The molecule has 0 aromatic heterocycles. The van der Waals surface area contributed by atoms with Gasteiger partial charge in [-0.05, 0) is 30.2 Å². The number of benzene rings is 2. The summed E-state index contributed by atoms with van der Waals surface area (Å²) in [6.07, 6.45) is 2.87. The predicted octanol–water partition coefficient (Wildman–Crippen LogP) is 2.94. The van der Waals surface area contributed by atoms with E-state index >= 15 is 0 Å². The smallest absolute Gasteiger partial charge is 0.191 e. The number of fused-ring (bicyclic) bond motifs is 1. The number of ether oxygens (including phenoxy) is 1. The number of guanidine groups is 1. The molecule has 0 fully saturated rings. The first-order valence-corrected chi connectivity index (χ1v) is 10.8. The lowest BCUT2D eigenvalue weighted by molar-refractivity contribution is 0.261. The van der Waals surface area contributed by atoms with Crippen molar-refractivity contribution in [2.24, 2.45) is 4.99 Å². The first-order chi connectivity index (χ1) is 13.0. The minimum Gasteiger partial charge on any atom is -0.493 e. The third kappa shape index (κ3) is 5.84. The average Bonchev–Trinajstić information content (AvgIpc) is 2.67. The first kappa shape index (κ1) is 22.5. The fourth-order valence-electron chi connectivity index (χ4n) is 3.08. The van der Waals surface area contributed by atoms with Gasteiger partial charge in [-0.25, -0.2) is 8.42 Å². The molecule has 1 aliphatic heterocycles. The van der Waals surface area contributed by atoms with Crippen LogP contribution in [0.2, 0.25) is 0 Å². The molecule has 1 atom stereocenters. The number of halogens is 1. The summed E-state index contributed by atoms with van der Waals surface area (Å²) in [5.41, 5.74) is 2.21. The maximum absolute atomic E-state index is 11.5. The van der Waals surface area contributed by atoms with Gasteiger partial charge in [-0.1, -0.05) is 30.3 Å². The van der Waals surface area contributed by atoms with Crippen LogP contribution in [-0.2, 0) is 16.3 Å². The minimum absolute atomic E-state index is 0. The van der Waals surface area contributed by atoms with E-state index in [1.165, 1.54) is 6.26 Å². The molecule has 8 heteroatoms. The molecule has 2 N–H and O–H groups in total. The van der Waals surface area contributed by atoms with Crippen LogP contribution in [0.4, 0.5) is 0 Å². The van der Waals surface area contributed by atoms with Crippen LogP contribution in [0.5, 0.6) is 5.75 Å². The molecular formula is C20H26IN3O3S. The van der Waals surface area contributed by atoms with Gasteiger partial charge in [-0.15, -0.1) is 24.0 Å². The molecule has 0 amide bonds. The second-order valence-electron chi connectivity index (χ2n) is 6.54. The minimum atomic E-state index is -3.15. The number of hydrogen-bond donors (Lipinski definition) is 2. The summed E-state index contributed by atoms with van der Waals surface area (Å²) in [6.45, 7) is 1.38. The van der Waals surface area contributed by atoms with E-state index in [0.29, 0.717) is 18.0 Å². The highest BCUT2D eigenvalue weighted by molar-refractivity contribution is 14.0. The summed E-state index contributed by atoms with van der Waals surface area (Å²) in [5.74, 6) is 1.66. The molecule has 0 spiro atoms. The molecule has 0 aliphatic carbocycles. The van der Waals surface area contributed by atoms with Gasteiger partial charge in [0.2, 0.25) is 0 Å². The van der Waals surface area contributed by atoms with Gasteiger partial charge < -0.3 is 15.4 Å². The van der Waals surface area contributed by atoms with Crippen molar-refractivity contribution in [1.29, 1.82) is 0 Å². The summed E-state index contributed by atoms with van der Waals surface area (Å²) < 4.78 is 28.7. The summed E-state index contributed by atoms with van der Waals surface area (Å²) in [6, 6.07) is 15.2. The molecular weight excluding hydrogens is 489 g/mol. The average molecular weight is 515 g/mol. The van der Waals surface area contributed by atoms with Crippen molar-refractivity contribution in [3.8, 4) is 5.75 Å². The first-order valence-electron chi connectivity index (χ1n) is 8.95. The van der Waals surface area contributed by atoms with Gasteiger partial charge in [0.1, 0.15) is 5.75 Å². The molecule has 1 heterocycles. The van der Waals surface area contributed by atoms with Gasteiger partial charge in [0, 0.05) is 31.8 Å². The van der Waals surface area contributed by atoms with Gasteiger partial charge in [0.25, 0.3) is 0 Å². The van der Waals surface area contributed by atoms with E-state index < -0.39 is 9.84 Å². The molecule has 2 aromatic carbocycles. The quantitative estimate of drug-likeness (QED) is 0.364. The zero-order chi connectivity index (χ0) is 19.3. The van der Waals surface area contributed by atoms with Crippen molar-refractivity contribution in [2.75, 3.05) is 26.5 Å². The van der Waals surface area contributed by atoms with E-state index in [1.54, 1.807) is 19.2 Å². The molecule has 152 valence electrons. The van der Waals surface area contributed by atoms with Crippen molar-refractivity contribution < 1.29 is 13.2 Å². The van der Waals surface area contributed by atoms with Crippen molar-refractivity contribution >= 4 is 39.8 Å². The molecule has 1 unspecified atom stereocenters. The molecule has 0 saturated heterocycles. The zero-order valence-corrected chi connectivity index (χ0v) is 19.2. The number of para-hydroxylation sites is 1. The van der Waals surface area contributed by atoms with Crippen LogP contribution in [-0.4, -0.2) is 40.8 Å². The molecule has 1 aliphatic rings. The lowest BCUT2D eigenvalue weighted by Gasteiger charge is -2.28. The highest BCUT2D eigenvalue weighted by Crippen LogP contribution is 2.31. The Hall–Kier alpha value is -1.81. The largest absolute Gasteiger partial charge is 0.493 e. The highest BCUT2D eigenvalue weighted by atomic mass is 127. The number of sulfone groups is 1. The number of aliphatic imine (C=N–C) groups is 1. The third-order valence-electron chi connectivity index (χ3n) is 4.55. The predicted molar refractivity (Wildman–Crippen MR) is 122 cm³/mol. The molecule has 6 nitrogen and oxygen atoms in total. The van der Waals surface area contributed by atoms with E-state index in [-0.39, 0.29) is 30.0 Å². The van der Waals surface area contributed by atoms with E-state index in [2.05, 4.69) is 21.7 Å². The van der Waals surface area contributed by atoms with E-state index in [1.807, 2.05) is 30.3 Å². The van der Waals surface area contributed by atoms with Crippen LogP contribution in [0.1, 0.15) is 23.6 Å². The molecule has 28 heavy (non-hydrogen) atoms. The Balaban J connectivity index is 0.00000280. The normalized spacial score (nSPS) is 16.4. The molecule has 0 radical (unpaired) electrons. The summed E-state index contributed by atoms with van der Waals surface area (Å²) >= 11 is 0. The SMILES string of the molecule is CN=C(NCCc1ccc(S(C)(=O)=O)cc1)NC1CCOc2ccccc21.I. The number of rotatable bonds is 5. The van der Waals surface area contributed by atoms with E-state index in [4.69, 9.17) is 4.74 Å². The summed E-state index contributed by atoms with van der Waals surface area (Å²) in [4.78, 5) is 4.65. The van der Waals surface area contributed by atoms with E-state index in [9.17, 15) is 8.42 Å². The second-order valence-corrected chi connectivity index (χ2v) is 8.55. The van der Waals surface area contributed by atoms with Crippen molar-refractivity contribution in [3.63, 3.8) is 0 Å². The van der Waals surface area contributed by atoms with Crippen molar-refractivity contribution in [2.45, 2.75) is 23.8 Å². The van der Waals surface area contributed by atoms with Crippen molar-refractivity contribution in [3.05, 3.63) is 59.7 Å². The Labute approximate surface area is 183 Å². The Morgan fingerprint density at radius 2 is 1.89 bits per heavy atom. The van der Waals surface area contributed by atoms with Crippen LogP contribution >= 0.6 is 24.0 Å². The Kier molecular flexibility index (Phi) is 8.11. The fourth-order valence-corrected chi connectivity index (χ4v) is 3.71. The molecule has 0 bridgehead atoms. The van der Waals surface area contributed by atoms with Crippen LogP contribution < -0.4 is 15.4 Å². The fraction of sp³-hybridized carbons (Fsp3) is 0.350. The standard InChI is InChI=1S/C20H25N3O3S.HI/c1-21-20(23-18-12-14-26-19-6-4-3-5-17(18)19)22-13-11-15-7-9-16(10-8-15)27(2,24)25;/h3-10,18H,11-14H2,1-2H3,(H2,21,22,23);1H. The Bertz CT molecular complexity index is 915. The lowest BCUT2D eigenvalue weighted by Crippen LogP contribution is -2.41. The Morgan fingerprint density at radius 1 is 1.18 bits per heavy atom. The van der Waals surface area contributed by atoms with Crippen molar-refractivity contribution in [1.82, 2.24) is 10.6 Å². The zero-order valence-electron chi connectivity index (χ0n) is 16.0. The number of nitrogens with zero attached hydrogens (tertiary/aromatic N) is 1. The molecule has 2 aromatic rings. The molecule has 3 rings (SSSR count). The van der Waals surface area contributed by atoms with Crippen LogP contribution in [0, 0.1) is 0 Å².